The molecule has 3 fully saturated rings. The number of rotatable bonds is 6. The summed E-state index contributed by atoms with van der Waals surface area (Å²) in [7, 11) is 0. The molecule has 6 atom stereocenters. The van der Waals surface area contributed by atoms with Gasteiger partial charge in [0.1, 0.15) is 5.75 Å². The van der Waals surface area contributed by atoms with Gasteiger partial charge in [-0.1, -0.05) is 83.9 Å². The number of allylic oxidation sites excluding steroid dienone is 2. The maximum atomic E-state index is 15.2. The number of nitro benzene ring substituents is 1. The molecule has 256 valence electrons. The van der Waals surface area contributed by atoms with Gasteiger partial charge in [-0.2, -0.15) is 5.01 Å². The number of aromatic hydroxyl groups is 1. The number of aryl methyl sites for hydroxylation is 2. The maximum Gasteiger partial charge on any atom is 0.271 e. The molecule has 2 N–H and O–H groups in total. The van der Waals surface area contributed by atoms with E-state index in [1.165, 1.54) is 24.3 Å². The number of nitrogens with one attached hydrogen (secondary N) is 1. The van der Waals surface area contributed by atoms with Crippen molar-refractivity contribution in [2.75, 3.05) is 10.3 Å². The van der Waals surface area contributed by atoms with Crippen LogP contribution in [0.25, 0.3) is 0 Å². The highest BCUT2D eigenvalue weighted by molar-refractivity contribution is 6.22. The van der Waals surface area contributed by atoms with Crippen LogP contribution in [0.3, 0.4) is 0 Å². The van der Waals surface area contributed by atoms with E-state index in [9.17, 15) is 29.6 Å². The van der Waals surface area contributed by atoms with Crippen molar-refractivity contribution in [3.05, 3.63) is 141 Å². The molecule has 11 nitrogen and oxygen atoms in total. The number of phenols is 1. The minimum absolute atomic E-state index is 0.0162. The van der Waals surface area contributed by atoms with Crippen LogP contribution in [0.15, 0.2) is 109 Å². The topological polar surface area (TPSA) is 150 Å². The molecule has 0 bridgehead atoms. The second-order valence-electron chi connectivity index (χ2n) is 13.9. The number of hydrogen-bond acceptors (Lipinski definition) is 8. The Morgan fingerprint density at radius 2 is 1.57 bits per heavy atom. The van der Waals surface area contributed by atoms with Crippen LogP contribution in [0.5, 0.6) is 5.75 Å². The monoisotopic (exact) mass is 682 g/mol. The van der Waals surface area contributed by atoms with Gasteiger partial charge in [0, 0.05) is 23.6 Å². The summed E-state index contributed by atoms with van der Waals surface area (Å²) >= 11 is 0. The molecular weight excluding hydrogens is 648 g/mol. The highest BCUT2D eigenvalue weighted by Crippen LogP contribution is 2.65. The molecule has 4 aromatic carbocycles. The summed E-state index contributed by atoms with van der Waals surface area (Å²) in [6, 6.07) is 27.2. The summed E-state index contributed by atoms with van der Waals surface area (Å²) in [5.41, 5.74) is 5.30. The molecule has 11 heteroatoms. The molecular formula is C40H34N4O7. The fourth-order valence-corrected chi connectivity index (χ4v) is 9.01. The molecule has 4 aliphatic rings. The molecule has 8 rings (SSSR count). The Kier molecular flexibility index (Phi) is 7.41. The lowest BCUT2D eigenvalue weighted by Gasteiger charge is -2.50. The van der Waals surface area contributed by atoms with E-state index in [-0.39, 0.29) is 30.0 Å². The van der Waals surface area contributed by atoms with E-state index in [2.05, 4.69) is 5.43 Å². The number of phenolic OH excluding ortho intramolecular Hbond substituents is 1. The van der Waals surface area contributed by atoms with Crippen LogP contribution in [0.1, 0.15) is 41.0 Å². The lowest BCUT2D eigenvalue weighted by Crippen LogP contribution is -2.53. The number of anilines is 2. The van der Waals surface area contributed by atoms with Crippen LogP contribution in [-0.4, -0.2) is 38.7 Å². The summed E-state index contributed by atoms with van der Waals surface area (Å²) in [5.74, 6) is -6.11. The van der Waals surface area contributed by atoms with Crippen LogP contribution in [0, 0.1) is 47.6 Å². The smallest absolute Gasteiger partial charge is 0.271 e. The van der Waals surface area contributed by atoms with Crippen molar-refractivity contribution in [1.29, 1.82) is 0 Å². The summed E-state index contributed by atoms with van der Waals surface area (Å²) in [4.78, 5) is 70.5. The molecule has 51 heavy (non-hydrogen) atoms. The fourth-order valence-electron chi connectivity index (χ4n) is 9.01. The van der Waals surface area contributed by atoms with E-state index in [1.54, 1.807) is 37.3 Å². The zero-order valence-corrected chi connectivity index (χ0v) is 27.9. The first-order chi connectivity index (χ1) is 24.5. The third kappa shape index (κ3) is 4.64. The average Bonchev–Trinajstić information content (AvgIpc) is 3.51. The van der Waals surface area contributed by atoms with Crippen LogP contribution in [0.4, 0.5) is 17.1 Å². The van der Waals surface area contributed by atoms with Crippen LogP contribution in [0.2, 0.25) is 0 Å². The van der Waals surface area contributed by atoms with Crippen molar-refractivity contribution < 1.29 is 29.2 Å². The Labute approximate surface area is 293 Å². The number of benzene rings is 4. The van der Waals surface area contributed by atoms with Crippen molar-refractivity contribution in [3.63, 3.8) is 0 Å². The highest BCUT2D eigenvalue weighted by atomic mass is 16.6. The number of amides is 4. The first kappa shape index (κ1) is 32.1. The van der Waals surface area contributed by atoms with E-state index >= 15 is 4.79 Å². The Bertz CT molecular complexity index is 2180. The van der Waals surface area contributed by atoms with Gasteiger partial charge in [-0.15, -0.1) is 0 Å². The average molecular weight is 683 g/mol. The molecule has 4 aromatic rings. The van der Waals surface area contributed by atoms with Crippen LogP contribution < -0.4 is 10.3 Å². The van der Waals surface area contributed by atoms with Gasteiger partial charge in [0.25, 0.3) is 17.5 Å². The summed E-state index contributed by atoms with van der Waals surface area (Å²) in [6.45, 7) is 3.70. The lowest BCUT2D eigenvalue weighted by molar-refractivity contribution is -0.384. The van der Waals surface area contributed by atoms with Gasteiger partial charge in [-0.05, 0) is 61.9 Å². The van der Waals surface area contributed by atoms with Crippen molar-refractivity contribution in [2.24, 2.45) is 23.7 Å². The Balaban J connectivity index is 1.31. The number of fused-ring (bicyclic) bond motifs is 4. The molecule has 2 heterocycles. The van der Waals surface area contributed by atoms with Gasteiger partial charge in [-0.25, -0.2) is 4.90 Å². The second kappa shape index (κ2) is 11.8. The first-order valence-corrected chi connectivity index (χ1v) is 16.9. The quantitative estimate of drug-likeness (QED) is 0.107. The Morgan fingerprint density at radius 1 is 0.843 bits per heavy atom. The van der Waals surface area contributed by atoms with Crippen molar-refractivity contribution in [3.8, 4) is 5.75 Å². The maximum absolute atomic E-state index is 15.2. The van der Waals surface area contributed by atoms with Crippen molar-refractivity contribution in [1.82, 2.24) is 5.01 Å². The largest absolute Gasteiger partial charge is 0.507 e. The summed E-state index contributed by atoms with van der Waals surface area (Å²) < 4.78 is 0. The molecule has 0 radical (unpaired) electrons. The summed E-state index contributed by atoms with van der Waals surface area (Å²) in [5, 5.41) is 24.4. The number of nitrogens with zero attached hydrogens (tertiary/aromatic N) is 3. The molecule has 6 unspecified atom stereocenters. The van der Waals surface area contributed by atoms with Gasteiger partial charge in [0.05, 0.1) is 39.5 Å². The van der Waals surface area contributed by atoms with E-state index in [1.807, 2.05) is 55.5 Å². The number of hydrazine groups is 1. The predicted molar refractivity (Wildman–Crippen MR) is 187 cm³/mol. The zero-order valence-electron chi connectivity index (χ0n) is 27.9. The van der Waals surface area contributed by atoms with Crippen molar-refractivity contribution in [2.45, 2.75) is 38.0 Å². The Morgan fingerprint density at radius 3 is 2.29 bits per heavy atom. The third-order valence-corrected chi connectivity index (χ3v) is 11.3. The number of imide groups is 2. The minimum atomic E-state index is -1.51. The van der Waals surface area contributed by atoms with E-state index < -0.39 is 63.6 Å². The van der Waals surface area contributed by atoms with E-state index in [0.29, 0.717) is 28.0 Å². The minimum Gasteiger partial charge on any atom is -0.507 e. The van der Waals surface area contributed by atoms with E-state index in [0.717, 1.165) is 15.5 Å². The second-order valence-corrected chi connectivity index (χ2v) is 13.9. The van der Waals surface area contributed by atoms with Crippen LogP contribution in [-0.2, 0) is 24.6 Å². The summed E-state index contributed by atoms with van der Waals surface area (Å²) in [6.07, 6.45) is 2.18. The molecule has 4 amide bonds. The SMILES string of the molecule is Cc1ccc(NN2C(=O)C3CC4C(=CCC5C(=O)N(c6cccc([N+](=O)[O-])c6)C(=O)C54)C(c4cccc(C)c4O)C3(c3ccccc3)C2=O)cc1. The standard InChI is InChI=1S/C40H34N4O7/c1-22-14-16-25(17-15-22)41-43-37(47)32-21-31-28(18-19-29-33(31)38(48)42(36(29)46)26-11-7-12-27(20-26)44(50)51)34(30-13-6-8-23(2)35(30)45)40(32,39(43)49)24-9-4-3-5-10-24/h3-18,20,29,31-34,41,45H,19,21H2,1-2H3. The van der Waals surface area contributed by atoms with Gasteiger partial charge in [0.2, 0.25) is 11.8 Å². The van der Waals surface area contributed by atoms with E-state index in [4.69, 9.17) is 0 Å². The van der Waals surface area contributed by atoms with Gasteiger partial charge in [0.15, 0.2) is 0 Å². The molecule has 2 saturated heterocycles. The fraction of sp³-hybridized carbons (Fsp3) is 0.250. The predicted octanol–water partition coefficient (Wildman–Crippen LogP) is 6.11. The molecule has 1 saturated carbocycles. The number of carbonyl (C=O) groups excluding carboxylic acids is 4. The highest BCUT2D eigenvalue weighted by Gasteiger charge is 2.70. The molecule has 0 spiro atoms. The zero-order chi connectivity index (χ0) is 35.8. The first-order valence-electron chi connectivity index (χ1n) is 16.9. The lowest BCUT2D eigenvalue weighted by atomic mass is 9.49. The number of hydrogen-bond donors (Lipinski definition) is 2. The number of para-hydroxylation sites is 1. The molecule has 2 aliphatic carbocycles. The third-order valence-electron chi connectivity index (χ3n) is 11.3. The van der Waals surface area contributed by atoms with Crippen molar-refractivity contribution >= 4 is 40.7 Å². The van der Waals surface area contributed by atoms with Gasteiger partial charge < -0.3 is 5.11 Å². The number of carbonyl (C=O) groups is 4. The molecule has 2 aliphatic heterocycles. The number of non-ortho nitro benzene ring substituents is 1. The molecule has 0 aromatic heterocycles. The number of nitro groups is 1. The Hall–Kier alpha value is -6.10. The normalized spacial score (nSPS) is 26.8. The van der Waals surface area contributed by atoms with Gasteiger partial charge >= 0.3 is 0 Å². The van der Waals surface area contributed by atoms with Crippen LogP contribution >= 0.6 is 0 Å². The van der Waals surface area contributed by atoms with Gasteiger partial charge in [-0.3, -0.25) is 34.7 Å².